The van der Waals surface area contributed by atoms with Crippen LogP contribution in [0.5, 0.6) is 0 Å². The maximum atomic E-state index is 2.67. The van der Waals surface area contributed by atoms with E-state index in [1.807, 2.05) is 0 Å². The Hall–Kier alpha value is -0.450. The molecular weight excluding hydrogens is 501 g/mol. The van der Waals surface area contributed by atoms with Crippen molar-refractivity contribution in [1.29, 1.82) is 0 Å². The standard InChI is InChI=1S/C18H15I2P/c19-20-21(16-10-4-1-5-11-16,17-12-6-2-7-13-17)18-14-8-3-9-15-18/h1-15H. The Balaban J connectivity index is 2.29. The van der Waals surface area contributed by atoms with Crippen molar-refractivity contribution in [3.05, 3.63) is 91.0 Å². The van der Waals surface area contributed by atoms with Gasteiger partial charge in [-0.25, -0.2) is 0 Å². The van der Waals surface area contributed by atoms with Gasteiger partial charge in [0.15, 0.2) is 0 Å². The summed E-state index contributed by atoms with van der Waals surface area (Å²) in [5.74, 6) is 0. The summed E-state index contributed by atoms with van der Waals surface area (Å²) in [4.78, 5) is -1.44. The van der Waals surface area contributed by atoms with Gasteiger partial charge in [0.2, 0.25) is 0 Å². The monoisotopic (exact) mass is 516 g/mol. The molecule has 3 heteroatoms. The van der Waals surface area contributed by atoms with Crippen molar-refractivity contribution >= 4 is 39.4 Å². The van der Waals surface area contributed by atoms with Crippen LogP contribution in [0.3, 0.4) is 0 Å². The predicted octanol–water partition coefficient (Wildman–Crippen LogP) is 1.33. The van der Waals surface area contributed by atoms with Crippen molar-refractivity contribution in [3.8, 4) is 0 Å². The summed E-state index contributed by atoms with van der Waals surface area (Å²) in [6, 6.07) is 33.2. The molecule has 3 aromatic rings. The van der Waals surface area contributed by atoms with E-state index < -0.39 is 4.90 Å². The third kappa shape index (κ3) is 3.03. The van der Waals surface area contributed by atoms with Crippen LogP contribution >= 0.6 is 23.5 Å². The van der Waals surface area contributed by atoms with Gasteiger partial charge in [-0.3, -0.25) is 0 Å². The van der Waals surface area contributed by atoms with E-state index in [0.29, 0.717) is 0 Å². The molecule has 0 amide bonds. The van der Waals surface area contributed by atoms with Gasteiger partial charge in [0.05, 0.1) is 0 Å². The molecule has 0 aliphatic heterocycles. The molecule has 0 spiro atoms. The van der Waals surface area contributed by atoms with Crippen LogP contribution < -0.4 is 32.6 Å². The van der Waals surface area contributed by atoms with E-state index in [1.165, 1.54) is 15.9 Å². The number of hydrogen-bond donors (Lipinski definition) is 0. The van der Waals surface area contributed by atoms with Gasteiger partial charge in [0, 0.05) is 0 Å². The summed E-state index contributed by atoms with van der Waals surface area (Å²) in [6.45, 7) is 0. The Morgan fingerprint density at radius 2 is 0.810 bits per heavy atom. The molecule has 0 heterocycles. The van der Waals surface area contributed by atoms with Crippen LogP contribution in [0.2, 0.25) is 0 Å². The molecule has 0 aromatic heterocycles. The molecule has 3 aromatic carbocycles. The van der Waals surface area contributed by atoms with Crippen LogP contribution in [-0.4, -0.2) is 0 Å². The van der Waals surface area contributed by atoms with E-state index in [1.54, 1.807) is 0 Å². The first kappa shape index (κ1) is 15.4. The zero-order valence-corrected chi connectivity index (χ0v) is 16.6. The molecule has 0 saturated carbocycles. The van der Waals surface area contributed by atoms with E-state index >= 15 is 0 Å². The van der Waals surface area contributed by atoms with Gasteiger partial charge in [-0.2, -0.15) is 0 Å². The predicted molar refractivity (Wildman–Crippen MR) is 99.2 cm³/mol. The molecule has 0 N–H and O–H groups in total. The van der Waals surface area contributed by atoms with Gasteiger partial charge >= 0.3 is 147 Å². The average Bonchev–Trinajstić information content (AvgIpc) is 2.59. The van der Waals surface area contributed by atoms with Crippen LogP contribution in [-0.2, 0) is 0 Å². The first-order valence-corrected chi connectivity index (χ1v) is 17.6. The maximum absolute atomic E-state index is 2.67. The van der Waals surface area contributed by atoms with Gasteiger partial charge in [-0.15, -0.1) is 0 Å². The second-order valence-electron chi connectivity index (χ2n) is 4.66. The van der Waals surface area contributed by atoms with E-state index in [4.69, 9.17) is 0 Å². The molecule has 0 aliphatic rings. The molecular formula is C18H15I2P. The first-order chi connectivity index (χ1) is 10.4. The molecule has 0 aliphatic carbocycles. The van der Waals surface area contributed by atoms with E-state index in [0.717, 1.165) is 0 Å². The average molecular weight is 516 g/mol. The van der Waals surface area contributed by atoms with E-state index in [9.17, 15) is 0 Å². The van der Waals surface area contributed by atoms with Gasteiger partial charge in [-0.05, 0) is 0 Å². The number of benzene rings is 3. The van der Waals surface area contributed by atoms with Crippen molar-refractivity contribution in [3.63, 3.8) is 0 Å². The summed E-state index contributed by atoms with van der Waals surface area (Å²) in [5.41, 5.74) is 0. The Labute approximate surface area is 146 Å². The van der Waals surface area contributed by atoms with Crippen LogP contribution in [0.1, 0.15) is 0 Å². The van der Waals surface area contributed by atoms with Crippen molar-refractivity contribution in [2.45, 2.75) is 0 Å². The topological polar surface area (TPSA) is 0 Å². The zero-order valence-electron chi connectivity index (χ0n) is 11.4. The molecule has 0 saturated heterocycles. The summed E-state index contributed by atoms with van der Waals surface area (Å²) in [7, 11) is 0. The second kappa shape index (κ2) is 7.21. The number of rotatable bonds is 4. The van der Waals surface area contributed by atoms with Crippen LogP contribution in [0.4, 0.5) is 0 Å². The minimum absolute atomic E-state index is 0.0000444. The SMILES string of the molecule is I[I-][P+](c1ccccc1)(c1ccccc1)c1ccccc1. The molecule has 0 nitrogen and oxygen atoms in total. The fourth-order valence-electron chi connectivity index (χ4n) is 2.46. The fraction of sp³-hybridized carbons (Fsp3) is 0. The van der Waals surface area contributed by atoms with Crippen molar-refractivity contribution in [2.24, 2.45) is 0 Å². The summed E-state index contributed by atoms with van der Waals surface area (Å²) >= 11 is 2.67. The van der Waals surface area contributed by atoms with Gasteiger partial charge < -0.3 is 0 Å². The zero-order chi connectivity index (χ0) is 14.5. The Bertz CT molecular complexity index is 588. The van der Waals surface area contributed by atoms with Crippen LogP contribution in [0.25, 0.3) is 0 Å². The molecule has 0 bridgehead atoms. The minimum atomic E-state index is -1.44. The molecule has 106 valence electrons. The first-order valence-electron chi connectivity index (χ1n) is 6.71. The normalized spacial score (nSPS) is 11.5. The third-order valence-electron chi connectivity index (χ3n) is 3.43. The van der Waals surface area contributed by atoms with E-state index in [2.05, 4.69) is 110 Å². The molecule has 0 fully saturated rings. The molecule has 21 heavy (non-hydrogen) atoms. The molecule has 3 rings (SSSR count). The van der Waals surface area contributed by atoms with E-state index in [-0.39, 0.29) is 16.7 Å². The Morgan fingerprint density at radius 3 is 1.05 bits per heavy atom. The quantitative estimate of drug-likeness (QED) is 0.363. The van der Waals surface area contributed by atoms with Crippen LogP contribution in [0, 0.1) is 0 Å². The summed E-state index contributed by atoms with van der Waals surface area (Å²) in [5, 5.41) is 4.51. The molecule has 0 atom stereocenters. The summed E-state index contributed by atoms with van der Waals surface area (Å²) < 4.78 is 0. The van der Waals surface area contributed by atoms with Gasteiger partial charge in [-0.1, -0.05) is 0 Å². The van der Waals surface area contributed by atoms with Gasteiger partial charge in [0.25, 0.3) is 0 Å². The fourth-order valence-corrected chi connectivity index (χ4v) is 22.8. The van der Waals surface area contributed by atoms with Gasteiger partial charge in [0.1, 0.15) is 0 Å². The number of halogens is 2. The van der Waals surface area contributed by atoms with Crippen molar-refractivity contribution in [1.82, 2.24) is 0 Å². The molecule has 0 unspecified atom stereocenters. The van der Waals surface area contributed by atoms with Crippen molar-refractivity contribution < 1.29 is 16.7 Å². The third-order valence-corrected chi connectivity index (χ3v) is 24.3. The Morgan fingerprint density at radius 1 is 0.524 bits per heavy atom. The Kier molecular flexibility index (Phi) is 5.30. The summed E-state index contributed by atoms with van der Waals surface area (Å²) in [6.07, 6.45) is 0. The van der Waals surface area contributed by atoms with Crippen molar-refractivity contribution in [2.75, 3.05) is 0 Å². The molecule has 0 radical (unpaired) electrons. The van der Waals surface area contributed by atoms with Crippen LogP contribution in [0.15, 0.2) is 91.0 Å². The number of hydrogen-bond acceptors (Lipinski definition) is 0. The second-order valence-corrected chi connectivity index (χ2v) is 20.3.